The van der Waals surface area contributed by atoms with Crippen LogP contribution in [0.2, 0.25) is 0 Å². The van der Waals surface area contributed by atoms with Crippen molar-refractivity contribution < 1.29 is 14.3 Å². The summed E-state index contributed by atoms with van der Waals surface area (Å²) >= 11 is 2.73. The van der Waals surface area contributed by atoms with Crippen molar-refractivity contribution in [3.8, 4) is 22.8 Å². The average molecular weight is 386 g/mol. The van der Waals surface area contributed by atoms with Crippen LogP contribution >= 0.6 is 23.1 Å². The molecule has 0 spiro atoms. The van der Waals surface area contributed by atoms with Crippen molar-refractivity contribution in [2.24, 2.45) is 0 Å². The highest BCUT2D eigenvalue weighted by molar-refractivity contribution is 7.99. The Bertz CT molecular complexity index is 943. The number of thioether (sulfide) groups is 1. The van der Waals surface area contributed by atoms with Gasteiger partial charge in [-0.25, -0.2) is 4.98 Å². The van der Waals surface area contributed by atoms with Crippen molar-refractivity contribution in [1.82, 2.24) is 15.2 Å². The van der Waals surface area contributed by atoms with E-state index in [4.69, 9.17) is 9.47 Å². The Morgan fingerprint density at radius 2 is 2.12 bits per heavy atom. The number of anilines is 1. The topological polar surface area (TPSA) is 86.2 Å². The lowest BCUT2D eigenvalue weighted by atomic mass is 10.1. The van der Waals surface area contributed by atoms with Crippen molar-refractivity contribution in [2.45, 2.75) is 11.9 Å². The van der Waals surface area contributed by atoms with Crippen LogP contribution in [-0.2, 0) is 4.79 Å². The molecule has 1 N–H and O–H groups in total. The number of aryl methyl sites for hydroxylation is 1. The van der Waals surface area contributed by atoms with Crippen molar-refractivity contribution >= 4 is 34.1 Å². The van der Waals surface area contributed by atoms with Gasteiger partial charge in [0, 0.05) is 10.9 Å². The van der Waals surface area contributed by atoms with Crippen LogP contribution in [0.15, 0.2) is 40.7 Å². The minimum atomic E-state index is -0.119. The Hall–Kier alpha value is -2.65. The molecular weight excluding hydrogens is 372 g/mol. The first-order chi connectivity index (χ1) is 12.7. The second kappa shape index (κ2) is 7.30. The second-order valence-corrected chi connectivity index (χ2v) is 7.31. The SMILES string of the molecule is Cc1csc(NC(=O)CSc2ccc(-c3ccc4c(c3)OCO4)nn2)n1. The molecule has 1 aliphatic rings. The molecule has 0 aliphatic carbocycles. The van der Waals surface area contributed by atoms with Crippen LogP contribution in [0.3, 0.4) is 0 Å². The number of nitrogens with zero attached hydrogens (tertiary/aromatic N) is 3. The lowest BCUT2D eigenvalue weighted by molar-refractivity contribution is -0.113. The van der Waals surface area contributed by atoms with E-state index in [1.54, 1.807) is 0 Å². The average Bonchev–Trinajstić information content (AvgIpc) is 3.28. The first-order valence-electron chi connectivity index (χ1n) is 7.76. The van der Waals surface area contributed by atoms with Crippen LogP contribution in [-0.4, -0.2) is 33.6 Å². The summed E-state index contributed by atoms with van der Waals surface area (Å²) in [6.07, 6.45) is 0. The van der Waals surface area contributed by atoms with Crippen LogP contribution in [0.1, 0.15) is 5.69 Å². The normalized spacial score (nSPS) is 12.2. The summed E-state index contributed by atoms with van der Waals surface area (Å²) < 4.78 is 10.7. The van der Waals surface area contributed by atoms with Crippen molar-refractivity contribution in [2.75, 3.05) is 17.9 Å². The van der Waals surface area contributed by atoms with Crippen molar-refractivity contribution in [1.29, 1.82) is 0 Å². The second-order valence-electron chi connectivity index (χ2n) is 5.46. The summed E-state index contributed by atoms with van der Waals surface area (Å²) in [5.41, 5.74) is 2.52. The Morgan fingerprint density at radius 1 is 1.23 bits per heavy atom. The molecule has 0 saturated carbocycles. The summed E-state index contributed by atoms with van der Waals surface area (Å²) in [6, 6.07) is 9.36. The van der Waals surface area contributed by atoms with Gasteiger partial charge in [0.15, 0.2) is 16.6 Å². The molecule has 0 radical (unpaired) electrons. The van der Waals surface area contributed by atoms with Gasteiger partial charge in [0.2, 0.25) is 12.7 Å². The fourth-order valence-corrected chi connectivity index (χ4v) is 3.63. The number of rotatable bonds is 5. The quantitative estimate of drug-likeness (QED) is 0.673. The van der Waals surface area contributed by atoms with Crippen LogP contribution in [0, 0.1) is 6.92 Å². The number of ether oxygens (including phenoxy) is 2. The number of carbonyl (C=O) groups is 1. The molecule has 0 saturated heterocycles. The third-order valence-corrected chi connectivity index (χ3v) is 5.32. The zero-order valence-corrected chi connectivity index (χ0v) is 15.4. The first-order valence-corrected chi connectivity index (χ1v) is 9.62. The van der Waals surface area contributed by atoms with Gasteiger partial charge in [-0.3, -0.25) is 4.79 Å². The number of amides is 1. The Balaban J connectivity index is 1.36. The van der Waals surface area contributed by atoms with E-state index in [1.165, 1.54) is 23.1 Å². The molecule has 132 valence electrons. The molecule has 1 amide bonds. The smallest absolute Gasteiger partial charge is 0.236 e. The minimum absolute atomic E-state index is 0.119. The number of carbonyl (C=O) groups excluding carboxylic acids is 1. The van der Waals surface area contributed by atoms with Gasteiger partial charge in [-0.15, -0.1) is 21.5 Å². The minimum Gasteiger partial charge on any atom is -0.454 e. The zero-order chi connectivity index (χ0) is 17.9. The van der Waals surface area contributed by atoms with Crippen LogP contribution < -0.4 is 14.8 Å². The van der Waals surface area contributed by atoms with Gasteiger partial charge < -0.3 is 14.8 Å². The first kappa shape index (κ1) is 16.8. The van der Waals surface area contributed by atoms with E-state index in [2.05, 4.69) is 20.5 Å². The Morgan fingerprint density at radius 3 is 2.88 bits per heavy atom. The zero-order valence-electron chi connectivity index (χ0n) is 13.8. The fraction of sp³-hybridized carbons (Fsp3) is 0.176. The molecule has 26 heavy (non-hydrogen) atoms. The number of benzene rings is 1. The Kier molecular flexibility index (Phi) is 4.72. The molecule has 9 heteroatoms. The van der Waals surface area contributed by atoms with Crippen LogP contribution in [0.25, 0.3) is 11.3 Å². The van der Waals surface area contributed by atoms with Crippen molar-refractivity contribution in [3.63, 3.8) is 0 Å². The number of thiazole rings is 1. The number of fused-ring (bicyclic) bond motifs is 1. The molecule has 1 aromatic carbocycles. The third kappa shape index (κ3) is 3.78. The maximum absolute atomic E-state index is 12.0. The molecule has 4 rings (SSSR count). The van der Waals surface area contributed by atoms with Gasteiger partial charge in [0.1, 0.15) is 5.03 Å². The van der Waals surface area contributed by atoms with E-state index in [1.807, 2.05) is 42.6 Å². The van der Waals surface area contributed by atoms with E-state index in [9.17, 15) is 4.79 Å². The van der Waals surface area contributed by atoms with E-state index in [-0.39, 0.29) is 18.5 Å². The summed E-state index contributed by atoms with van der Waals surface area (Å²) in [5, 5.41) is 14.4. The van der Waals surface area contributed by atoms with Crippen molar-refractivity contribution in [3.05, 3.63) is 41.4 Å². The molecule has 1 aliphatic heterocycles. The summed E-state index contributed by atoms with van der Waals surface area (Å²) in [5.74, 6) is 1.56. The largest absolute Gasteiger partial charge is 0.454 e. The highest BCUT2D eigenvalue weighted by atomic mass is 32.2. The molecule has 7 nitrogen and oxygen atoms in total. The predicted molar refractivity (Wildman–Crippen MR) is 99.8 cm³/mol. The van der Waals surface area contributed by atoms with Crippen LogP contribution in [0.4, 0.5) is 5.13 Å². The summed E-state index contributed by atoms with van der Waals surface area (Å²) in [6.45, 7) is 2.13. The molecule has 0 bridgehead atoms. The molecule has 3 heterocycles. The maximum atomic E-state index is 12.0. The van der Waals surface area contributed by atoms with Gasteiger partial charge >= 0.3 is 0 Å². The number of nitrogens with one attached hydrogen (secondary N) is 1. The van der Waals surface area contributed by atoms with Gasteiger partial charge in [-0.1, -0.05) is 11.8 Å². The number of aromatic nitrogens is 3. The number of hydrogen-bond donors (Lipinski definition) is 1. The molecule has 0 unspecified atom stereocenters. The number of hydrogen-bond acceptors (Lipinski definition) is 8. The fourth-order valence-electron chi connectivity index (χ4n) is 2.31. The lowest BCUT2D eigenvalue weighted by Crippen LogP contribution is -2.14. The predicted octanol–water partition coefficient (Wildman–Crippen LogP) is 3.37. The highest BCUT2D eigenvalue weighted by Gasteiger charge is 2.14. The van der Waals surface area contributed by atoms with Crippen LogP contribution in [0.5, 0.6) is 11.5 Å². The highest BCUT2D eigenvalue weighted by Crippen LogP contribution is 2.35. The standard InChI is InChI=1S/C17H14N4O3S2/c1-10-7-26-17(18-10)19-15(22)8-25-16-5-3-12(20-21-16)11-2-4-13-14(6-11)24-9-23-13/h2-7H,8-9H2,1H3,(H,18,19,22). The van der Waals surface area contributed by atoms with Gasteiger partial charge in [0.05, 0.1) is 17.1 Å². The monoisotopic (exact) mass is 386 g/mol. The summed E-state index contributed by atoms with van der Waals surface area (Å²) in [7, 11) is 0. The molecule has 3 aromatic rings. The van der Waals surface area contributed by atoms with E-state index in [0.29, 0.717) is 15.9 Å². The third-order valence-electron chi connectivity index (χ3n) is 3.52. The van der Waals surface area contributed by atoms with Gasteiger partial charge in [-0.2, -0.15) is 0 Å². The van der Waals surface area contributed by atoms with E-state index >= 15 is 0 Å². The van der Waals surface area contributed by atoms with E-state index < -0.39 is 0 Å². The van der Waals surface area contributed by atoms with E-state index in [0.717, 1.165) is 22.7 Å². The van der Waals surface area contributed by atoms with Gasteiger partial charge in [0.25, 0.3) is 0 Å². The maximum Gasteiger partial charge on any atom is 0.236 e. The molecule has 2 aromatic heterocycles. The molecule has 0 atom stereocenters. The molecule has 0 fully saturated rings. The van der Waals surface area contributed by atoms with Gasteiger partial charge in [-0.05, 0) is 37.3 Å². The lowest BCUT2D eigenvalue weighted by Gasteiger charge is -2.04. The molecular formula is C17H14N4O3S2. The summed E-state index contributed by atoms with van der Waals surface area (Å²) in [4.78, 5) is 16.2. The Labute approximate surface area is 157 Å².